The first-order chi connectivity index (χ1) is 8.56. The Morgan fingerprint density at radius 3 is 2.83 bits per heavy atom. The highest BCUT2D eigenvalue weighted by Crippen LogP contribution is 2.16. The van der Waals surface area contributed by atoms with Crippen molar-refractivity contribution in [2.24, 2.45) is 22.2 Å². The van der Waals surface area contributed by atoms with Crippen molar-refractivity contribution in [3.05, 3.63) is 0 Å². The first kappa shape index (κ1) is 14.4. The average molecular weight is 255 g/mol. The number of hydrogen-bond donors (Lipinski definition) is 3. The van der Waals surface area contributed by atoms with Gasteiger partial charge in [-0.1, -0.05) is 0 Å². The molecule has 0 aromatic rings. The number of aliphatic imine (C=N–C) groups is 1. The van der Waals surface area contributed by atoms with Crippen molar-refractivity contribution in [1.29, 1.82) is 0 Å². The number of guanidine groups is 1. The van der Waals surface area contributed by atoms with Gasteiger partial charge < -0.3 is 26.9 Å². The first-order valence-electron chi connectivity index (χ1n) is 6.13. The van der Waals surface area contributed by atoms with Crippen LogP contribution >= 0.6 is 0 Å². The Morgan fingerprint density at radius 1 is 1.50 bits per heavy atom. The molecule has 1 aliphatic rings. The van der Waals surface area contributed by atoms with Crippen LogP contribution in [0.25, 0.3) is 0 Å². The number of amides is 1. The first-order valence-corrected chi connectivity index (χ1v) is 6.13. The van der Waals surface area contributed by atoms with Crippen molar-refractivity contribution in [2.75, 3.05) is 13.1 Å². The molecule has 1 amide bonds. The Hall–Kier alpha value is -1.63. The zero-order chi connectivity index (χ0) is 13.5. The van der Waals surface area contributed by atoms with Gasteiger partial charge in [0.05, 0.1) is 12.1 Å². The molecule has 0 saturated carbocycles. The van der Waals surface area contributed by atoms with Gasteiger partial charge in [-0.05, 0) is 25.7 Å². The van der Waals surface area contributed by atoms with E-state index in [9.17, 15) is 9.59 Å². The molecule has 7 nitrogen and oxygen atoms in total. The van der Waals surface area contributed by atoms with Crippen LogP contribution in [-0.4, -0.2) is 48.2 Å². The zero-order valence-electron chi connectivity index (χ0n) is 10.4. The molecule has 1 heterocycles. The standard InChI is InChI=1S/C11H21N5O2/c12-9(4-1-5-15-11(13)14)10(18)16-6-2-3-8(16)7-17/h7-9H,1-6,12H2,(H4,13,14,15)/t8-,9?/m0/s1. The third-order valence-corrected chi connectivity index (χ3v) is 3.02. The van der Waals surface area contributed by atoms with Crippen LogP contribution in [0, 0.1) is 0 Å². The van der Waals surface area contributed by atoms with Crippen LogP contribution in [-0.2, 0) is 9.59 Å². The van der Waals surface area contributed by atoms with Gasteiger partial charge in [0.15, 0.2) is 5.96 Å². The molecule has 1 aliphatic heterocycles. The van der Waals surface area contributed by atoms with E-state index in [1.165, 1.54) is 0 Å². The van der Waals surface area contributed by atoms with Gasteiger partial charge in [-0.15, -0.1) is 0 Å². The summed E-state index contributed by atoms with van der Waals surface area (Å²) in [7, 11) is 0. The monoisotopic (exact) mass is 255 g/mol. The molecule has 0 aliphatic carbocycles. The van der Waals surface area contributed by atoms with E-state index >= 15 is 0 Å². The molecule has 1 rings (SSSR count). The lowest BCUT2D eigenvalue weighted by Crippen LogP contribution is -2.46. The van der Waals surface area contributed by atoms with Crippen molar-refractivity contribution in [2.45, 2.75) is 37.8 Å². The fourth-order valence-corrected chi connectivity index (χ4v) is 2.06. The number of nitrogens with zero attached hydrogens (tertiary/aromatic N) is 2. The normalized spacial score (nSPS) is 20.5. The molecule has 6 N–H and O–H groups in total. The fraction of sp³-hybridized carbons (Fsp3) is 0.727. The van der Waals surface area contributed by atoms with E-state index in [2.05, 4.69) is 4.99 Å². The van der Waals surface area contributed by atoms with E-state index in [0.717, 1.165) is 19.1 Å². The Labute approximate surface area is 106 Å². The van der Waals surface area contributed by atoms with Crippen LogP contribution in [0.2, 0.25) is 0 Å². The highest BCUT2D eigenvalue weighted by molar-refractivity contribution is 5.84. The maximum Gasteiger partial charge on any atom is 0.240 e. The fourth-order valence-electron chi connectivity index (χ4n) is 2.06. The second-order valence-corrected chi connectivity index (χ2v) is 4.43. The summed E-state index contributed by atoms with van der Waals surface area (Å²) in [4.78, 5) is 28.2. The Bertz CT molecular complexity index is 327. The summed E-state index contributed by atoms with van der Waals surface area (Å²) in [6, 6.07) is -0.888. The molecule has 0 radical (unpaired) electrons. The summed E-state index contributed by atoms with van der Waals surface area (Å²) < 4.78 is 0. The van der Waals surface area contributed by atoms with Gasteiger partial charge in [0.2, 0.25) is 5.91 Å². The minimum atomic E-state index is -0.584. The third-order valence-electron chi connectivity index (χ3n) is 3.02. The van der Waals surface area contributed by atoms with Crippen molar-refractivity contribution in [3.63, 3.8) is 0 Å². The van der Waals surface area contributed by atoms with Crippen LogP contribution in [0.3, 0.4) is 0 Å². The molecular weight excluding hydrogens is 234 g/mol. The second-order valence-electron chi connectivity index (χ2n) is 4.43. The SMILES string of the molecule is NC(N)=NCCCC(N)C(=O)N1CCC[C@H]1C=O. The summed E-state index contributed by atoms with van der Waals surface area (Å²) in [5.41, 5.74) is 16.2. The molecule has 1 fully saturated rings. The van der Waals surface area contributed by atoms with E-state index < -0.39 is 6.04 Å². The summed E-state index contributed by atoms with van der Waals surface area (Å²) >= 11 is 0. The molecule has 1 saturated heterocycles. The van der Waals surface area contributed by atoms with Gasteiger partial charge in [-0.2, -0.15) is 0 Å². The Balaban J connectivity index is 2.36. The molecule has 0 spiro atoms. The average Bonchev–Trinajstić information content (AvgIpc) is 2.81. The van der Waals surface area contributed by atoms with Crippen LogP contribution < -0.4 is 17.2 Å². The summed E-state index contributed by atoms with van der Waals surface area (Å²) in [5, 5.41) is 0. The van der Waals surface area contributed by atoms with Crippen molar-refractivity contribution in [3.8, 4) is 0 Å². The van der Waals surface area contributed by atoms with Gasteiger partial charge in [-0.3, -0.25) is 9.79 Å². The second kappa shape index (κ2) is 6.95. The lowest BCUT2D eigenvalue weighted by molar-refractivity contribution is -0.135. The van der Waals surface area contributed by atoms with Crippen LogP contribution in [0.1, 0.15) is 25.7 Å². The molecule has 0 aromatic heterocycles. The van der Waals surface area contributed by atoms with Crippen molar-refractivity contribution >= 4 is 18.2 Å². The Morgan fingerprint density at radius 2 is 2.22 bits per heavy atom. The topological polar surface area (TPSA) is 128 Å². The number of hydrogen-bond acceptors (Lipinski definition) is 4. The lowest BCUT2D eigenvalue weighted by atomic mass is 10.1. The van der Waals surface area contributed by atoms with Gasteiger partial charge in [0, 0.05) is 13.1 Å². The minimum absolute atomic E-state index is 0.0375. The smallest absolute Gasteiger partial charge is 0.240 e. The predicted molar refractivity (Wildman–Crippen MR) is 68.7 cm³/mol. The van der Waals surface area contributed by atoms with Gasteiger partial charge in [0.1, 0.15) is 6.29 Å². The number of nitrogens with two attached hydrogens (primary N) is 3. The van der Waals surface area contributed by atoms with E-state index in [1.54, 1.807) is 4.90 Å². The van der Waals surface area contributed by atoms with Crippen molar-refractivity contribution in [1.82, 2.24) is 4.90 Å². The van der Waals surface area contributed by atoms with E-state index in [4.69, 9.17) is 17.2 Å². The predicted octanol–water partition coefficient (Wildman–Crippen LogP) is -1.44. The number of carbonyl (C=O) groups excluding carboxylic acids is 2. The highest BCUT2D eigenvalue weighted by Gasteiger charge is 2.30. The number of aldehydes is 1. The highest BCUT2D eigenvalue weighted by atomic mass is 16.2. The summed E-state index contributed by atoms with van der Waals surface area (Å²) in [6.07, 6.45) is 3.56. The van der Waals surface area contributed by atoms with Crippen LogP contribution in [0.4, 0.5) is 0 Å². The van der Waals surface area contributed by atoms with Gasteiger partial charge in [0.25, 0.3) is 0 Å². The molecule has 0 aromatic carbocycles. The molecule has 18 heavy (non-hydrogen) atoms. The molecule has 7 heteroatoms. The molecule has 102 valence electrons. The maximum absolute atomic E-state index is 12.0. The lowest BCUT2D eigenvalue weighted by Gasteiger charge is -2.23. The van der Waals surface area contributed by atoms with Gasteiger partial charge >= 0.3 is 0 Å². The minimum Gasteiger partial charge on any atom is -0.370 e. The quantitative estimate of drug-likeness (QED) is 0.232. The van der Waals surface area contributed by atoms with Crippen LogP contribution in [0.5, 0.6) is 0 Å². The number of rotatable bonds is 6. The van der Waals surface area contributed by atoms with Gasteiger partial charge in [-0.25, -0.2) is 0 Å². The molecule has 2 atom stereocenters. The Kier molecular flexibility index (Phi) is 5.57. The maximum atomic E-state index is 12.0. The largest absolute Gasteiger partial charge is 0.370 e. The van der Waals surface area contributed by atoms with E-state index in [1.807, 2.05) is 0 Å². The van der Waals surface area contributed by atoms with E-state index in [-0.39, 0.29) is 17.9 Å². The van der Waals surface area contributed by atoms with Crippen LogP contribution in [0.15, 0.2) is 4.99 Å². The number of likely N-dealkylation sites (tertiary alicyclic amines) is 1. The van der Waals surface area contributed by atoms with E-state index in [0.29, 0.717) is 25.9 Å². The molecule has 0 bridgehead atoms. The molecular formula is C11H21N5O2. The summed E-state index contributed by atoms with van der Waals surface area (Å²) in [5.74, 6) is -0.121. The third kappa shape index (κ3) is 3.99. The molecule has 1 unspecified atom stereocenters. The summed E-state index contributed by atoms with van der Waals surface area (Å²) in [6.45, 7) is 1.07. The zero-order valence-corrected chi connectivity index (χ0v) is 10.4. The van der Waals surface area contributed by atoms with Crippen molar-refractivity contribution < 1.29 is 9.59 Å². The number of carbonyl (C=O) groups is 2.